The largest absolute Gasteiger partial charge is 0.357 e. The Morgan fingerprint density at radius 2 is 1.77 bits per heavy atom. The number of hydrogen-bond donors (Lipinski definition) is 3. The molecule has 0 aliphatic heterocycles. The molecule has 1 aromatic heterocycles. The van der Waals surface area contributed by atoms with Gasteiger partial charge in [0.05, 0.1) is 25.0 Å². The number of benzene rings is 2. The average molecular weight is 405 g/mol. The van der Waals surface area contributed by atoms with Gasteiger partial charge in [0, 0.05) is 25.7 Å². The van der Waals surface area contributed by atoms with Crippen molar-refractivity contribution in [2.45, 2.75) is 13.5 Å². The standard InChI is InChI=1S/C23H28N6O/c1-3-24-23(26-15-14-25-22(30)19-12-8-5-9-13-19)29(2)17-21-27-16-20(28-21)18-10-6-4-7-11-18/h4-13,16H,3,14-15,17H2,1-2H3,(H,24,26)(H,25,30)(H,27,28). The first-order valence-corrected chi connectivity index (χ1v) is 10.1. The number of amides is 1. The molecule has 0 fully saturated rings. The predicted octanol–water partition coefficient (Wildman–Crippen LogP) is 2.90. The van der Waals surface area contributed by atoms with Crippen molar-refractivity contribution < 1.29 is 4.79 Å². The molecule has 7 heteroatoms. The van der Waals surface area contributed by atoms with Gasteiger partial charge in [-0.3, -0.25) is 9.79 Å². The number of rotatable bonds is 8. The molecular weight excluding hydrogens is 376 g/mol. The van der Waals surface area contributed by atoms with Gasteiger partial charge in [-0.25, -0.2) is 4.98 Å². The average Bonchev–Trinajstić information content (AvgIpc) is 3.25. The number of H-pyrrole nitrogens is 1. The molecule has 0 unspecified atom stereocenters. The van der Waals surface area contributed by atoms with E-state index in [1.807, 2.05) is 61.5 Å². The number of nitrogens with zero attached hydrogens (tertiary/aromatic N) is 3. The zero-order valence-corrected chi connectivity index (χ0v) is 17.4. The minimum atomic E-state index is -0.0896. The van der Waals surface area contributed by atoms with E-state index >= 15 is 0 Å². The molecule has 0 bridgehead atoms. The molecule has 3 N–H and O–H groups in total. The molecule has 30 heavy (non-hydrogen) atoms. The van der Waals surface area contributed by atoms with E-state index in [2.05, 4.69) is 37.7 Å². The molecule has 3 rings (SSSR count). The quantitative estimate of drug-likeness (QED) is 0.306. The molecule has 0 spiro atoms. The van der Waals surface area contributed by atoms with Crippen LogP contribution in [0.2, 0.25) is 0 Å². The van der Waals surface area contributed by atoms with Gasteiger partial charge >= 0.3 is 0 Å². The third-order valence-corrected chi connectivity index (χ3v) is 4.49. The fraction of sp³-hybridized carbons (Fsp3) is 0.261. The summed E-state index contributed by atoms with van der Waals surface area (Å²) in [7, 11) is 1.97. The summed E-state index contributed by atoms with van der Waals surface area (Å²) in [6.45, 7) is 4.33. The minimum Gasteiger partial charge on any atom is -0.357 e. The van der Waals surface area contributed by atoms with E-state index in [1.165, 1.54) is 0 Å². The molecule has 0 radical (unpaired) electrons. The summed E-state index contributed by atoms with van der Waals surface area (Å²) in [5.74, 6) is 1.54. The molecule has 0 aliphatic carbocycles. The van der Waals surface area contributed by atoms with Crippen molar-refractivity contribution in [3.63, 3.8) is 0 Å². The van der Waals surface area contributed by atoms with Crippen LogP contribution in [0.25, 0.3) is 11.3 Å². The van der Waals surface area contributed by atoms with Gasteiger partial charge in [0.1, 0.15) is 5.82 Å². The molecule has 1 heterocycles. The van der Waals surface area contributed by atoms with Crippen LogP contribution in [0.15, 0.2) is 71.9 Å². The number of aromatic amines is 1. The van der Waals surface area contributed by atoms with Gasteiger partial charge in [-0.1, -0.05) is 48.5 Å². The monoisotopic (exact) mass is 404 g/mol. The molecule has 7 nitrogen and oxygen atoms in total. The van der Waals surface area contributed by atoms with E-state index in [0.29, 0.717) is 25.2 Å². The van der Waals surface area contributed by atoms with Gasteiger partial charge in [0.2, 0.25) is 0 Å². The Morgan fingerprint density at radius 3 is 2.47 bits per heavy atom. The normalized spacial score (nSPS) is 11.2. The van der Waals surface area contributed by atoms with Crippen LogP contribution >= 0.6 is 0 Å². The number of carbonyl (C=O) groups is 1. The minimum absolute atomic E-state index is 0.0896. The van der Waals surface area contributed by atoms with Crippen molar-refractivity contribution in [2.24, 2.45) is 4.99 Å². The first kappa shape index (κ1) is 21.1. The summed E-state index contributed by atoms with van der Waals surface area (Å²) < 4.78 is 0. The lowest BCUT2D eigenvalue weighted by Crippen LogP contribution is -2.39. The van der Waals surface area contributed by atoms with Crippen molar-refractivity contribution in [3.05, 3.63) is 78.2 Å². The van der Waals surface area contributed by atoms with Crippen molar-refractivity contribution in [2.75, 3.05) is 26.7 Å². The zero-order valence-electron chi connectivity index (χ0n) is 17.4. The summed E-state index contributed by atoms with van der Waals surface area (Å²) in [4.78, 5) is 26.6. The van der Waals surface area contributed by atoms with Crippen LogP contribution in [0.3, 0.4) is 0 Å². The second-order valence-electron chi connectivity index (χ2n) is 6.82. The maximum Gasteiger partial charge on any atom is 0.251 e. The number of aromatic nitrogens is 2. The highest BCUT2D eigenvalue weighted by atomic mass is 16.1. The lowest BCUT2D eigenvalue weighted by molar-refractivity contribution is 0.0955. The van der Waals surface area contributed by atoms with Crippen LogP contribution in [-0.4, -0.2) is 53.4 Å². The number of carbonyl (C=O) groups excluding carboxylic acids is 1. The second-order valence-corrected chi connectivity index (χ2v) is 6.82. The van der Waals surface area contributed by atoms with Crippen LogP contribution in [0.1, 0.15) is 23.1 Å². The van der Waals surface area contributed by atoms with Crippen LogP contribution in [0.4, 0.5) is 0 Å². The highest BCUT2D eigenvalue weighted by Crippen LogP contribution is 2.16. The fourth-order valence-corrected chi connectivity index (χ4v) is 3.00. The van der Waals surface area contributed by atoms with E-state index in [1.54, 1.807) is 12.1 Å². The number of hydrogen-bond acceptors (Lipinski definition) is 3. The Bertz CT molecular complexity index is 952. The van der Waals surface area contributed by atoms with E-state index in [0.717, 1.165) is 29.6 Å². The summed E-state index contributed by atoms with van der Waals surface area (Å²) in [5, 5.41) is 6.18. The molecule has 1 amide bonds. The Morgan fingerprint density at radius 1 is 1.07 bits per heavy atom. The molecular formula is C23H28N6O. The van der Waals surface area contributed by atoms with E-state index in [-0.39, 0.29) is 5.91 Å². The lowest BCUT2D eigenvalue weighted by atomic mass is 10.2. The van der Waals surface area contributed by atoms with Crippen LogP contribution < -0.4 is 10.6 Å². The van der Waals surface area contributed by atoms with Gasteiger partial charge in [-0.15, -0.1) is 0 Å². The maximum atomic E-state index is 12.1. The van der Waals surface area contributed by atoms with E-state index in [4.69, 9.17) is 0 Å². The molecule has 0 saturated heterocycles. The van der Waals surface area contributed by atoms with Gasteiger partial charge in [-0.05, 0) is 24.6 Å². The molecule has 3 aromatic rings. The highest BCUT2D eigenvalue weighted by Gasteiger charge is 2.10. The van der Waals surface area contributed by atoms with Gasteiger partial charge in [0.25, 0.3) is 5.91 Å². The first-order valence-electron chi connectivity index (χ1n) is 10.1. The number of nitrogens with one attached hydrogen (secondary N) is 3. The SMILES string of the molecule is CCNC(=NCCNC(=O)c1ccccc1)N(C)Cc1ncc(-c2ccccc2)[nH]1. The van der Waals surface area contributed by atoms with Crippen molar-refractivity contribution in [1.29, 1.82) is 0 Å². The first-order chi connectivity index (χ1) is 14.7. The number of imidazole rings is 1. The highest BCUT2D eigenvalue weighted by molar-refractivity contribution is 5.94. The molecule has 0 saturated carbocycles. The van der Waals surface area contributed by atoms with Crippen LogP contribution in [0.5, 0.6) is 0 Å². The Hall–Kier alpha value is -3.61. The van der Waals surface area contributed by atoms with Gasteiger partial charge in [0.15, 0.2) is 5.96 Å². The maximum absolute atomic E-state index is 12.1. The Labute approximate surface area is 177 Å². The lowest BCUT2D eigenvalue weighted by Gasteiger charge is -2.21. The predicted molar refractivity (Wildman–Crippen MR) is 120 cm³/mol. The molecule has 0 atom stereocenters. The summed E-state index contributed by atoms with van der Waals surface area (Å²) in [6.07, 6.45) is 1.85. The van der Waals surface area contributed by atoms with Gasteiger partial charge in [-0.2, -0.15) is 0 Å². The topological polar surface area (TPSA) is 85.4 Å². The second kappa shape index (κ2) is 10.8. The Kier molecular flexibility index (Phi) is 7.60. The summed E-state index contributed by atoms with van der Waals surface area (Å²) in [6, 6.07) is 19.3. The van der Waals surface area contributed by atoms with E-state index < -0.39 is 0 Å². The van der Waals surface area contributed by atoms with Gasteiger partial charge < -0.3 is 20.5 Å². The zero-order chi connectivity index (χ0) is 21.2. The molecule has 0 aliphatic rings. The molecule has 2 aromatic carbocycles. The number of aliphatic imine (C=N–C) groups is 1. The fourth-order valence-electron chi connectivity index (χ4n) is 3.00. The van der Waals surface area contributed by atoms with Crippen LogP contribution in [0, 0.1) is 0 Å². The smallest absolute Gasteiger partial charge is 0.251 e. The summed E-state index contributed by atoms with van der Waals surface area (Å²) in [5.41, 5.74) is 2.75. The van der Waals surface area contributed by atoms with E-state index in [9.17, 15) is 4.79 Å². The molecule has 156 valence electrons. The third-order valence-electron chi connectivity index (χ3n) is 4.49. The summed E-state index contributed by atoms with van der Waals surface area (Å²) >= 11 is 0. The van der Waals surface area contributed by atoms with Crippen molar-refractivity contribution in [3.8, 4) is 11.3 Å². The number of guanidine groups is 1. The van der Waals surface area contributed by atoms with Crippen molar-refractivity contribution in [1.82, 2.24) is 25.5 Å². The Balaban J connectivity index is 1.54. The van der Waals surface area contributed by atoms with Crippen LogP contribution in [-0.2, 0) is 6.54 Å². The van der Waals surface area contributed by atoms with Crippen molar-refractivity contribution >= 4 is 11.9 Å². The third kappa shape index (κ3) is 5.94.